The first-order chi connectivity index (χ1) is 15.3. The average Bonchev–Trinajstić information content (AvgIpc) is 3.39. The Morgan fingerprint density at radius 2 is 1.87 bits per heavy atom. The summed E-state index contributed by atoms with van der Waals surface area (Å²) in [5.41, 5.74) is 3.10. The number of pyridine rings is 1. The summed E-state index contributed by atoms with van der Waals surface area (Å²) >= 11 is 0. The fourth-order valence-electron chi connectivity index (χ4n) is 4.74. The van der Waals surface area contributed by atoms with Crippen molar-refractivity contribution in [2.24, 2.45) is 0 Å². The van der Waals surface area contributed by atoms with Crippen LogP contribution in [0, 0.1) is 0 Å². The zero-order valence-corrected chi connectivity index (χ0v) is 17.8. The lowest BCUT2D eigenvalue weighted by atomic mass is 9.90. The number of hydrogen-bond acceptors (Lipinski definition) is 7. The summed E-state index contributed by atoms with van der Waals surface area (Å²) < 4.78 is 11.1. The Labute approximate surface area is 182 Å². The molecule has 2 atom stereocenters. The molecule has 3 fully saturated rings. The maximum atomic E-state index is 13.0. The highest BCUT2D eigenvalue weighted by Crippen LogP contribution is 2.34. The standard InChI is InChI=1S/C23H29N5O3/c29-22(20-4-2-12-31-20)28-9-1-3-18(16-28)21-19(17-5-7-24-8-6-17)15-25-23(26-21)27-10-13-30-14-11-27/h5-8,15,18,20H,1-4,9-14,16H2. The molecule has 0 bridgehead atoms. The first kappa shape index (κ1) is 20.3. The molecule has 0 aromatic carbocycles. The Balaban J connectivity index is 1.45. The lowest BCUT2D eigenvalue weighted by molar-refractivity contribution is -0.142. The van der Waals surface area contributed by atoms with E-state index in [9.17, 15) is 4.79 Å². The minimum Gasteiger partial charge on any atom is -0.378 e. The summed E-state index contributed by atoms with van der Waals surface area (Å²) in [4.78, 5) is 31.1. The Kier molecular flexibility index (Phi) is 6.08. The number of aromatic nitrogens is 3. The zero-order valence-electron chi connectivity index (χ0n) is 17.8. The number of likely N-dealkylation sites (tertiary alicyclic amines) is 1. The maximum Gasteiger partial charge on any atom is 0.251 e. The Hall–Kier alpha value is -2.58. The van der Waals surface area contributed by atoms with E-state index in [0.29, 0.717) is 26.4 Å². The first-order valence-corrected chi connectivity index (χ1v) is 11.3. The third-order valence-corrected chi connectivity index (χ3v) is 6.42. The Morgan fingerprint density at radius 1 is 1.03 bits per heavy atom. The van der Waals surface area contributed by atoms with Gasteiger partial charge in [0.2, 0.25) is 5.95 Å². The summed E-state index contributed by atoms with van der Waals surface area (Å²) in [6.45, 7) is 5.13. The van der Waals surface area contributed by atoms with Gasteiger partial charge in [-0.3, -0.25) is 9.78 Å². The largest absolute Gasteiger partial charge is 0.378 e. The predicted molar refractivity (Wildman–Crippen MR) is 116 cm³/mol. The van der Waals surface area contributed by atoms with Crippen molar-refractivity contribution in [3.8, 4) is 11.1 Å². The smallest absolute Gasteiger partial charge is 0.251 e. The van der Waals surface area contributed by atoms with E-state index >= 15 is 0 Å². The summed E-state index contributed by atoms with van der Waals surface area (Å²) in [6.07, 6.45) is 9.02. The van der Waals surface area contributed by atoms with Crippen LogP contribution < -0.4 is 4.90 Å². The van der Waals surface area contributed by atoms with Gasteiger partial charge in [-0.2, -0.15) is 0 Å². The van der Waals surface area contributed by atoms with E-state index in [-0.39, 0.29) is 17.9 Å². The molecular weight excluding hydrogens is 394 g/mol. The molecule has 164 valence electrons. The average molecular weight is 424 g/mol. The second-order valence-electron chi connectivity index (χ2n) is 8.43. The van der Waals surface area contributed by atoms with Gasteiger partial charge < -0.3 is 19.3 Å². The second-order valence-corrected chi connectivity index (χ2v) is 8.43. The molecule has 0 spiro atoms. The number of amides is 1. The highest BCUT2D eigenvalue weighted by molar-refractivity contribution is 5.81. The normalized spacial score (nSPS) is 24.4. The van der Waals surface area contributed by atoms with E-state index in [1.807, 2.05) is 23.2 Å². The number of piperidine rings is 1. The molecule has 3 saturated heterocycles. The van der Waals surface area contributed by atoms with Gasteiger partial charge in [-0.15, -0.1) is 0 Å². The van der Waals surface area contributed by atoms with Crippen LogP contribution in [0.4, 0.5) is 5.95 Å². The molecule has 31 heavy (non-hydrogen) atoms. The molecule has 3 aliphatic rings. The van der Waals surface area contributed by atoms with Gasteiger partial charge in [0.25, 0.3) is 5.91 Å². The fourth-order valence-corrected chi connectivity index (χ4v) is 4.74. The Morgan fingerprint density at radius 3 is 2.65 bits per heavy atom. The van der Waals surface area contributed by atoms with Gasteiger partial charge in [0.05, 0.1) is 18.9 Å². The summed E-state index contributed by atoms with van der Waals surface area (Å²) in [5.74, 6) is 1.05. The van der Waals surface area contributed by atoms with Crippen LogP contribution in [0.15, 0.2) is 30.7 Å². The van der Waals surface area contributed by atoms with Gasteiger partial charge in [0.1, 0.15) is 6.10 Å². The number of carbonyl (C=O) groups is 1. The number of rotatable bonds is 4. The predicted octanol–water partition coefficient (Wildman–Crippen LogP) is 2.26. The third-order valence-electron chi connectivity index (χ3n) is 6.42. The molecule has 2 aromatic heterocycles. The van der Waals surface area contributed by atoms with Gasteiger partial charge in [0, 0.05) is 62.9 Å². The van der Waals surface area contributed by atoms with Crippen molar-refractivity contribution in [2.75, 3.05) is 50.9 Å². The van der Waals surface area contributed by atoms with Gasteiger partial charge in [-0.1, -0.05) is 0 Å². The summed E-state index contributed by atoms with van der Waals surface area (Å²) in [7, 11) is 0. The van der Waals surface area contributed by atoms with E-state index in [1.54, 1.807) is 12.4 Å². The molecule has 3 aliphatic heterocycles. The number of morpholine rings is 1. The zero-order chi connectivity index (χ0) is 21.0. The van der Waals surface area contributed by atoms with Crippen LogP contribution >= 0.6 is 0 Å². The number of ether oxygens (including phenoxy) is 2. The lowest BCUT2D eigenvalue weighted by Crippen LogP contribution is -2.44. The van der Waals surface area contributed by atoms with E-state index in [0.717, 1.165) is 68.1 Å². The second kappa shape index (κ2) is 9.28. The van der Waals surface area contributed by atoms with Crippen LogP contribution in [0.1, 0.15) is 37.3 Å². The molecule has 2 unspecified atom stereocenters. The topological polar surface area (TPSA) is 80.7 Å². The lowest BCUT2D eigenvalue weighted by Gasteiger charge is -2.35. The van der Waals surface area contributed by atoms with E-state index in [2.05, 4.69) is 14.9 Å². The van der Waals surface area contributed by atoms with Gasteiger partial charge in [0.15, 0.2) is 0 Å². The molecule has 5 heterocycles. The quantitative estimate of drug-likeness (QED) is 0.746. The van der Waals surface area contributed by atoms with Gasteiger partial charge in [-0.25, -0.2) is 9.97 Å². The number of carbonyl (C=O) groups excluding carboxylic acids is 1. The molecule has 0 N–H and O–H groups in total. The SMILES string of the molecule is O=C(C1CCCO1)N1CCCC(c2nc(N3CCOCC3)ncc2-c2ccncc2)C1. The van der Waals surface area contributed by atoms with Crippen molar-refractivity contribution in [3.63, 3.8) is 0 Å². The molecule has 8 nitrogen and oxygen atoms in total. The minimum atomic E-state index is -0.271. The van der Waals surface area contributed by atoms with Crippen molar-refractivity contribution >= 4 is 11.9 Å². The molecule has 8 heteroatoms. The maximum absolute atomic E-state index is 13.0. The summed E-state index contributed by atoms with van der Waals surface area (Å²) in [5, 5.41) is 0. The molecule has 0 aliphatic carbocycles. The molecule has 1 amide bonds. The van der Waals surface area contributed by atoms with Crippen LogP contribution in [0.3, 0.4) is 0 Å². The number of nitrogens with zero attached hydrogens (tertiary/aromatic N) is 5. The Bertz CT molecular complexity index is 897. The van der Waals surface area contributed by atoms with E-state index < -0.39 is 0 Å². The highest BCUT2D eigenvalue weighted by Gasteiger charge is 2.33. The number of anilines is 1. The molecule has 0 saturated carbocycles. The molecule has 5 rings (SSSR count). The van der Waals surface area contributed by atoms with Crippen molar-refractivity contribution in [1.82, 2.24) is 19.9 Å². The third kappa shape index (κ3) is 4.41. The van der Waals surface area contributed by atoms with E-state index in [4.69, 9.17) is 14.5 Å². The minimum absolute atomic E-state index is 0.134. The molecule has 0 radical (unpaired) electrons. The van der Waals surface area contributed by atoms with Crippen molar-refractivity contribution in [1.29, 1.82) is 0 Å². The summed E-state index contributed by atoms with van der Waals surface area (Å²) in [6, 6.07) is 3.99. The van der Waals surface area contributed by atoms with Crippen LogP contribution in [-0.2, 0) is 14.3 Å². The van der Waals surface area contributed by atoms with Gasteiger partial charge >= 0.3 is 0 Å². The monoisotopic (exact) mass is 423 g/mol. The van der Waals surface area contributed by atoms with Crippen LogP contribution in [0.2, 0.25) is 0 Å². The van der Waals surface area contributed by atoms with Crippen molar-refractivity contribution in [2.45, 2.75) is 37.7 Å². The van der Waals surface area contributed by atoms with E-state index in [1.165, 1.54) is 0 Å². The number of hydrogen-bond donors (Lipinski definition) is 0. The highest BCUT2D eigenvalue weighted by atomic mass is 16.5. The van der Waals surface area contributed by atoms with Crippen LogP contribution in [0.25, 0.3) is 11.1 Å². The van der Waals surface area contributed by atoms with Crippen LogP contribution in [0.5, 0.6) is 0 Å². The first-order valence-electron chi connectivity index (χ1n) is 11.3. The van der Waals surface area contributed by atoms with Crippen molar-refractivity contribution < 1.29 is 14.3 Å². The van der Waals surface area contributed by atoms with Gasteiger partial charge in [-0.05, 0) is 43.4 Å². The molecule has 2 aromatic rings. The fraction of sp³-hybridized carbons (Fsp3) is 0.565. The van der Waals surface area contributed by atoms with Crippen molar-refractivity contribution in [3.05, 3.63) is 36.4 Å². The molecular formula is C23H29N5O3. The van der Waals surface area contributed by atoms with Crippen LogP contribution in [-0.4, -0.2) is 77.9 Å².